The number of rotatable bonds is 5. The normalized spacial score (nSPS) is 14.1. The van der Waals surface area contributed by atoms with E-state index in [1.54, 1.807) is 4.68 Å². The van der Waals surface area contributed by atoms with Crippen molar-refractivity contribution in [2.24, 2.45) is 0 Å². The van der Waals surface area contributed by atoms with Crippen LogP contribution in [0.3, 0.4) is 0 Å². The molecule has 0 radical (unpaired) electrons. The maximum atomic E-state index is 13.3. The number of aryl methyl sites for hydroxylation is 3. The average molecular weight is 393 g/mol. The van der Waals surface area contributed by atoms with E-state index in [1.165, 1.54) is 4.68 Å². The second-order valence-corrected chi connectivity index (χ2v) is 6.84. The first kappa shape index (κ1) is 20.3. The molecule has 0 unspecified atom stereocenters. The molecule has 8 heteroatoms. The highest BCUT2D eigenvalue weighted by Gasteiger charge is 2.28. The molecule has 152 valence electrons. The Morgan fingerprint density at radius 2 is 1.68 bits per heavy atom. The van der Waals surface area contributed by atoms with Crippen LogP contribution in [0.5, 0.6) is 0 Å². The van der Waals surface area contributed by atoms with Crippen LogP contribution >= 0.6 is 0 Å². The first-order valence-electron chi connectivity index (χ1n) is 9.52. The highest BCUT2D eigenvalue weighted by Crippen LogP contribution is 2.34. The van der Waals surface area contributed by atoms with Crippen molar-refractivity contribution in [2.45, 2.75) is 53.1 Å². The SMILES string of the molecule is CCc1cc(C)cc(CC)c1-c1c(NC(=O)C(F)F)n2n(c1=O)CCOCC2. The van der Waals surface area contributed by atoms with Crippen LogP contribution < -0.4 is 10.9 Å². The van der Waals surface area contributed by atoms with Crippen molar-refractivity contribution in [1.82, 2.24) is 9.36 Å². The van der Waals surface area contributed by atoms with Crippen LogP contribution in [0.1, 0.15) is 30.5 Å². The zero-order chi connectivity index (χ0) is 20.4. The molecule has 28 heavy (non-hydrogen) atoms. The molecule has 0 aliphatic carbocycles. The van der Waals surface area contributed by atoms with E-state index in [9.17, 15) is 18.4 Å². The molecular weight excluding hydrogens is 368 g/mol. The third kappa shape index (κ3) is 3.61. The summed E-state index contributed by atoms with van der Waals surface area (Å²) in [7, 11) is 0. The number of aromatic nitrogens is 2. The molecule has 6 nitrogen and oxygen atoms in total. The van der Waals surface area contributed by atoms with Crippen molar-refractivity contribution < 1.29 is 18.3 Å². The number of fused-ring (bicyclic) bond motifs is 1. The molecule has 0 bridgehead atoms. The summed E-state index contributed by atoms with van der Waals surface area (Å²) in [5.74, 6) is -1.30. The van der Waals surface area contributed by atoms with Crippen LogP contribution in [0.25, 0.3) is 11.1 Å². The lowest BCUT2D eigenvalue weighted by Crippen LogP contribution is -2.25. The standard InChI is InChI=1S/C20H25F2N3O3/c1-4-13-10-12(3)11-14(5-2)15(13)16-18(23-19(26)17(21)22)24-6-8-28-9-7-25(24)20(16)27/h10-11,17H,4-9H2,1-3H3,(H,23,26). The van der Waals surface area contributed by atoms with Gasteiger partial charge in [0.15, 0.2) is 0 Å². The Morgan fingerprint density at radius 1 is 1.11 bits per heavy atom. The summed E-state index contributed by atoms with van der Waals surface area (Å²) in [6.45, 7) is 7.24. The highest BCUT2D eigenvalue weighted by atomic mass is 19.3. The number of carbonyl (C=O) groups is 1. The molecule has 1 aliphatic rings. The molecule has 1 N–H and O–H groups in total. The first-order valence-corrected chi connectivity index (χ1v) is 9.52. The van der Waals surface area contributed by atoms with E-state index < -0.39 is 12.3 Å². The Balaban J connectivity index is 2.32. The number of ether oxygens (including phenoxy) is 1. The second kappa shape index (κ2) is 8.26. The summed E-state index contributed by atoms with van der Waals surface area (Å²) in [6.07, 6.45) is -1.81. The van der Waals surface area contributed by atoms with Crippen molar-refractivity contribution in [3.8, 4) is 11.1 Å². The minimum Gasteiger partial charge on any atom is -0.378 e. The molecule has 3 rings (SSSR count). The lowest BCUT2D eigenvalue weighted by atomic mass is 9.91. The largest absolute Gasteiger partial charge is 0.378 e. The smallest absolute Gasteiger partial charge is 0.315 e. The number of nitrogens with zero attached hydrogens (tertiary/aromatic N) is 2. The molecule has 1 amide bonds. The summed E-state index contributed by atoms with van der Waals surface area (Å²) in [6, 6.07) is 4.01. The van der Waals surface area contributed by atoms with Crippen LogP contribution in [-0.2, 0) is 35.5 Å². The average Bonchev–Trinajstić information content (AvgIpc) is 2.83. The summed E-state index contributed by atoms with van der Waals surface area (Å²) in [5, 5.41) is 2.30. The lowest BCUT2D eigenvalue weighted by Gasteiger charge is -2.16. The zero-order valence-electron chi connectivity index (χ0n) is 16.3. The van der Waals surface area contributed by atoms with Gasteiger partial charge in [-0.1, -0.05) is 31.5 Å². The molecule has 1 aromatic carbocycles. The topological polar surface area (TPSA) is 65.3 Å². The quantitative estimate of drug-likeness (QED) is 0.849. The predicted molar refractivity (Wildman–Crippen MR) is 103 cm³/mol. The van der Waals surface area contributed by atoms with E-state index >= 15 is 0 Å². The Labute approximate surface area is 162 Å². The van der Waals surface area contributed by atoms with E-state index in [2.05, 4.69) is 5.32 Å². The van der Waals surface area contributed by atoms with Gasteiger partial charge in [0.2, 0.25) is 0 Å². The van der Waals surface area contributed by atoms with Crippen molar-refractivity contribution in [3.63, 3.8) is 0 Å². The number of halogens is 2. The molecule has 0 fully saturated rings. The minimum absolute atomic E-state index is 0.119. The van der Waals surface area contributed by atoms with Gasteiger partial charge in [-0.2, -0.15) is 8.78 Å². The fourth-order valence-corrected chi connectivity index (χ4v) is 3.79. The van der Waals surface area contributed by atoms with Crippen LogP contribution in [0.2, 0.25) is 0 Å². The van der Waals surface area contributed by atoms with E-state index in [0.29, 0.717) is 39.1 Å². The molecule has 0 atom stereocenters. The molecule has 2 heterocycles. The number of benzene rings is 1. The van der Waals surface area contributed by atoms with Gasteiger partial charge in [-0.15, -0.1) is 0 Å². The van der Waals surface area contributed by atoms with Crippen molar-refractivity contribution in [3.05, 3.63) is 39.2 Å². The maximum absolute atomic E-state index is 13.3. The van der Waals surface area contributed by atoms with Crippen molar-refractivity contribution in [1.29, 1.82) is 0 Å². The fraction of sp³-hybridized carbons (Fsp3) is 0.500. The third-order valence-corrected chi connectivity index (χ3v) is 5.03. The van der Waals surface area contributed by atoms with Crippen LogP contribution in [0, 0.1) is 6.92 Å². The summed E-state index contributed by atoms with van der Waals surface area (Å²) in [5.41, 5.74) is 3.70. The number of nitrogens with one attached hydrogen (secondary N) is 1. The van der Waals surface area contributed by atoms with Gasteiger partial charge in [0.1, 0.15) is 5.82 Å². The third-order valence-electron chi connectivity index (χ3n) is 5.03. The lowest BCUT2D eigenvalue weighted by molar-refractivity contribution is -0.126. The summed E-state index contributed by atoms with van der Waals surface area (Å²) >= 11 is 0. The van der Waals surface area contributed by atoms with Gasteiger partial charge in [0.25, 0.3) is 11.5 Å². The molecule has 0 spiro atoms. The predicted octanol–water partition coefficient (Wildman–Crippen LogP) is 2.98. The Hall–Kier alpha value is -2.48. The van der Waals surface area contributed by atoms with Crippen LogP contribution in [0.15, 0.2) is 16.9 Å². The Kier molecular flexibility index (Phi) is 5.98. The summed E-state index contributed by atoms with van der Waals surface area (Å²) in [4.78, 5) is 25.1. The number of hydrogen-bond donors (Lipinski definition) is 1. The van der Waals surface area contributed by atoms with Gasteiger partial charge in [-0.3, -0.25) is 14.3 Å². The molecular formula is C20H25F2N3O3. The molecule has 1 aliphatic heterocycles. The zero-order valence-corrected chi connectivity index (χ0v) is 16.3. The number of hydrogen-bond acceptors (Lipinski definition) is 3. The monoisotopic (exact) mass is 393 g/mol. The van der Waals surface area contributed by atoms with Gasteiger partial charge in [-0.05, 0) is 36.5 Å². The first-order chi connectivity index (χ1) is 13.4. The number of anilines is 1. The Morgan fingerprint density at radius 3 is 2.21 bits per heavy atom. The van der Waals surface area contributed by atoms with E-state index in [-0.39, 0.29) is 16.9 Å². The van der Waals surface area contributed by atoms with Gasteiger partial charge in [0.05, 0.1) is 31.9 Å². The number of amides is 1. The van der Waals surface area contributed by atoms with Crippen molar-refractivity contribution >= 4 is 11.7 Å². The van der Waals surface area contributed by atoms with Crippen LogP contribution in [0.4, 0.5) is 14.6 Å². The molecule has 2 aromatic rings. The Bertz CT molecular complexity index is 922. The van der Waals surface area contributed by atoms with Gasteiger partial charge in [-0.25, -0.2) is 4.68 Å². The molecule has 1 aromatic heterocycles. The number of carbonyl (C=O) groups excluding carboxylic acids is 1. The highest BCUT2D eigenvalue weighted by molar-refractivity contribution is 5.96. The van der Waals surface area contributed by atoms with Gasteiger partial charge in [0, 0.05) is 0 Å². The van der Waals surface area contributed by atoms with E-state index in [4.69, 9.17) is 4.74 Å². The van der Waals surface area contributed by atoms with Crippen molar-refractivity contribution in [2.75, 3.05) is 18.5 Å². The maximum Gasteiger partial charge on any atom is 0.315 e. The molecule has 0 saturated carbocycles. The fourth-order valence-electron chi connectivity index (χ4n) is 3.79. The summed E-state index contributed by atoms with van der Waals surface area (Å²) < 4.78 is 34.4. The number of alkyl halides is 2. The van der Waals surface area contributed by atoms with Crippen LogP contribution in [-0.4, -0.2) is 34.9 Å². The second-order valence-electron chi connectivity index (χ2n) is 6.84. The van der Waals surface area contributed by atoms with Gasteiger partial charge >= 0.3 is 6.43 Å². The molecule has 0 saturated heterocycles. The van der Waals surface area contributed by atoms with E-state index in [0.717, 1.165) is 22.3 Å². The minimum atomic E-state index is -3.17. The van der Waals surface area contributed by atoms with Gasteiger partial charge < -0.3 is 10.1 Å². The van der Waals surface area contributed by atoms with E-state index in [1.807, 2.05) is 32.9 Å².